The molecule has 0 radical (unpaired) electrons. The third kappa shape index (κ3) is 4.92. The summed E-state index contributed by atoms with van der Waals surface area (Å²) >= 11 is 0. The Balaban J connectivity index is 1.02. The molecule has 0 fully saturated rings. The molecule has 0 aliphatic rings. The van der Waals surface area contributed by atoms with Gasteiger partial charge >= 0.3 is 0 Å². The molecule has 0 aliphatic heterocycles. The first-order chi connectivity index (χ1) is 28.3. The van der Waals surface area contributed by atoms with E-state index in [0.717, 1.165) is 94.0 Å². The van der Waals surface area contributed by atoms with Crippen LogP contribution >= 0.6 is 0 Å². The van der Waals surface area contributed by atoms with Gasteiger partial charge in [0.1, 0.15) is 22.3 Å². The van der Waals surface area contributed by atoms with Gasteiger partial charge in [0, 0.05) is 49.1 Å². The zero-order valence-corrected chi connectivity index (χ0v) is 30.8. The number of benzene rings is 10. The van der Waals surface area contributed by atoms with E-state index in [1.807, 2.05) is 0 Å². The monoisotopic (exact) mass is 727 g/mol. The van der Waals surface area contributed by atoms with Crippen molar-refractivity contribution in [1.29, 1.82) is 0 Å². The van der Waals surface area contributed by atoms with E-state index in [4.69, 9.17) is 8.83 Å². The summed E-state index contributed by atoms with van der Waals surface area (Å²) in [5.74, 6) is 0. The minimum absolute atomic E-state index is 0.888. The quantitative estimate of drug-likeness (QED) is 0.177. The molecule has 0 unspecified atom stereocenters. The second-order valence-corrected chi connectivity index (χ2v) is 14.8. The van der Waals surface area contributed by atoms with Crippen molar-refractivity contribution in [3.8, 4) is 22.3 Å². The van der Waals surface area contributed by atoms with E-state index < -0.39 is 0 Å². The average molecular weight is 728 g/mol. The summed E-state index contributed by atoms with van der Waals surface area (Å²) in [6.07, 6.45) is 0. The van der Waals surface area contributed by atoms with Crippen molar-refractivity contribution in [3.05, 3.63) is 200 Å². The fraction of sp³-hybridized carbons (Fsp3) is 0. The number of anilines is 3. The van der Waals surface area contributed by atoms with E-state index in [1.54, 1.807) is 0 Å². The molecule has 0 bridgehead atoms. The van der Waals surface area contributed by atoms with Crippen LogP contribution in [0.3, 0.4) is 0 Å². The summed E-state index contributed by atoms with van der Waals surface area (Å²) in [5.41, 5.74) is 11.5. The van der Waals surface area contributed by atoms with Gasteiger partial charge in [-0.3, -0.25) is 0 Å². The molecule has 0 spiro atoms. The Labute approximate surface area is 328 Å². The fourth-order valence-electron chi connectivity index (χ4n) is 9.02. The Morgan fingerprint density at radius 1 is 0.316 bits per heavy atom. The van der Waals surface area contributed by atoms with Crippen LogP contribution in [0.5, 0.6) is 0 Å². The van der Waals surface area contributed by atoms with Crippen LogP contribution in [0, 0.1) is 0 Å². The predicted octanol–water partition coefficient (Wildman–Crippen LogP) is 15.7. The summed E-state index contributed by atoms with van der Waals surface area (Å²) in [6.45, 7) is 0. The SMILES string of the molecule is c1cc(-c2cccc3oc4c5ccccc5ccc4c23)cc(N(c2ccc(-c3cccc4oc5c6ccccc6ccc5c34)cc2)c2cccc3ccccc23)c1. The average Bonchev–Trinajstić information content (AvgIpc) is 3.87. The molecule has 266 valence electrons. The highest BCUT2D eigenvalue weighted by Crippen LogP contribution is 2.45. The van der Waals surface area contributed by atoms with Crippen molar-refractivity contribution in [1.82, 2.24) is 0 Å². The van der Waals surface area contributed by atoms with Gasteiger partial charge in [0.15, 0.2) is 0 Å². The minimum Gasteiger partial charge on any atom is -0.455 e. The maximum absolute atomic E-state index is 6.59. The van der Waals surface area contributed by atoms with Crippen molar-refractivity contribution in [2.45, 2.75) is 0 Å². The largest absolute Gasteiger partial charge is 0.455 e. The number of rotatable bonds is 5. The second kappa shape index (κ2) is 12.5. The molecule has 3 heteroatoms. The van der Waals surface area contributed by atoms with Crippen molar-refractivity contribution >= 4 is 93.3 Å². The van der Waals surface area contributed by atoms with Gasteiger partial charge in [0.25, 0.3) is 0 Å². The lowest BCUT2D eigenvalue weighted by Gasteiger charge is -2.27. The molecule has 0 aliphatic carbocycles. The highest BCUT2D eigenvalue weighted by atomic mass is 16.3. The molecule has 0 amide bonds. The maximum atomic E-state index is 6.59. The number of hydrogen-bond acceptors (Lipinski definition) is 3. The Bertz CT molecular complexity index is 3530. The van der Waals surface area contributed by atoms with Gasteiger partial charge < -0.3 is 13.7 Å². The minimum atomic E-state index is 0.888. The van der Waals surface area contributed by atoms with Gasteiger partial charge in [0.2, 0.25) is 0 Å². The van der Waals surface area contributed by atoms with Crippen molar-refractivity contribution in [3.63, 3.8) is 0 Å². The van der Waals surface area contributed by atoms with Gasteiger partial charge in [-0.25, -0.2) is 0 Å². The van der Waals surface area contributed by atoms with E-state index in [1.165, 1.54) is 21.5 Å². The van der Waals surface area contributed by atoms with E-state index in [0.29, 0.717) is 0 Å². The molecular weight excluding hydrogens is 695 g/mol. The van der Waals surface area contributed by atoms with Crippen LogP contribution in [0.2, 0.25) is 0 Å². The Hall–Kier alpha value is -7.62. The van der Waals surface area contributed by atoms with Crippen molar-refractivity contribution < 1.29 is 8.83 Å². The van der Waals surface area contributed by atoms with Gasteiger partial charge in [-0.1, -0.05) is 146 Å². The predicted molar refractivity (Wildman–Crippen MR) is 239 cm³/mol. The Morgan fingerprint density at radius 3 is 1.46 bits per heavy atom. The van der Waals surface area contributed by atoms with Gasteiger partial charge in [0.05, 0.1) is 5.69 Å². The summed E-state index contributed by atoms with van der Waals surface area (Å²) in [4.78, 5) is 2.39. The summed E-state index contributed by atoms with van der Waals surface area (Å²) in [5, 5.41) is 11.5. The van der Waals surface area contributed by atoms with Gasteiger partial charge in [-0.2, -0.15) is 0 Å². The maximum Gasteiger partial charge on any atom is 0.143 e. The lowest BCUT2D eigenvalue weighted by molar-refractivity contribution is 0.672. The lowest BCUT2D eigenvalue weighted by atomic mass is 9.97. The molecule has 12 rings (SSSR count). The van der Waals surface area contributed by atoms with Crippen LogP contribution in [0.1, 0.15) is 0 Å². The number of fused-ring (bicyclic) bond motifs is 11. The first-order valence-corrected chi connectivity index (χ1v) is 19.4. The standard InChI is InChI=1S/C54H33NO2/c1-4-17-41-34(11-1)14-8-22-48(41)55(39-29-25-37(26-30-39)42-20-9-23-49-51(42)46-31-27-35-12-2-5-18-44(35)53(46)56-49)40-16-7-15-38(33-40)43-21-10-24-50-52(43)47-32-28-36-13-3-6-19-45(36)54(47)57-50/h1-33H. The normalized spacial score (nSPS) is 11.9. The summed E-state index contributed by atoms with van der Waals surface area (Å²) in [6, 6.07) is 71.5. The van der Waals surface area contributed by atoms with E-state index in [2.05, 4.69) is 205 Å². The molecular formula is C54H33NO2. The zero-order chi connectivity index (χ0) is 37.5. The molecule has 10 aromatic carbocycles. The van der Waals surface area contributed by atoms with Crippen molar-refractivity contribution in [2.75, 3.05) is 4.90 Å². The number of furan rings is 2. The zero-order valence-electron chi connectivity index (χ0n) is 30.8. The second-order valence-electron chi connectivity index (χ2n) is 14.8. The lowest BCUT2D eigenvalue weighted by Crippen LogP contribution is -2.10. The van der Waals surface area contributed by atoms with E-state index in [-0.39, 0.29) is 0 Å². The molecule has 57 heavy (non-hydrogen) atoms. The summed E-state index contributed by atoms with van der Waals surface area (Å²) < 4.78 is 13.1. The van der Waals surface area contributed by atoms with Crippen LogP contribution in [0.15, 0.2) is 209 Å². The van der Waals surface area contributed by atoms with Crippen LogP contribution in [0.25, 0.3) is 98.4 Å². The highest BCUT2D eigenvalue weighted by Gasteiger charge is 2.20. The molecule has 2 heterocycles. The Kier molecular flexibility index (Phi) is 6.93. The molecule has 2 aromatic heterocycles. The molecule has 0 saturated carbocycles. The molecule has 3 nitrogen and oxygen atoms in total. The smallest absolute Gasteiger partial charge is 0.143 e. The summed E-state index contributed by atoms with van der Waals surface area (Å²) in [7, 11) is 0. The molecule has 0 N–H and O–H groups in total. The number of hydrogen-bond donors (Lipinski definition) is 0. The van der Waals surface area contributed by atoms with E-state index in [9.17, 15) is 0 Å². The van der Waals surface area contributed by atoms with Gasteiger partial charge in [-0.05, 0) is 93.0 Å². The molecule has 0 saturated heterocycles. The van der Waals surface area contributed by atoms with Crippen LogP contribution in [0.4, 0.5) is 17.1 Å². The van der Waals surface area contributed by atoms with Crippen LogP contribution in [-0.2, 0) is 0 Å². The van der Waals surface area contributed by atoms with Crippen molar-refractivity contribution in [2.24, 2.45) is 0 Å². The van der Waals surface area contributed by atoms with Crippen LogP contribution < -0.4 is 4.90 Å². The topological polar surface area (TPSA) is 29.5 Å². The van der Waals surface area contributed by atoms with Gasteiger partial charge in [-0.15, -0.1) is 0 Å². The first kappa shape index (κ1) is 31.7. The Morgan fingerprint density at radius 2 is 0.825 bits per heavy atom. The third-order valence-electron chi connectivity index (χ3n) is 11.6. The van der Waals surface area contributed by atoms with E-state index >= 15 is 0 Å². The molecule has 0 atom stereocenters. The molecule has 12 aromatic rings. The highest BCUT2D eigenvalue weighted by molar-refractivity contribution is 6.20. The first-order valence-electron chi connectivity index (χ1n) is 19.4. The fourth-order valence-corrected chi connectivity index (χ4v) is 9.02. The number of nitrogens with zero attached hydrogens (tertiary/aromatic N) is 1. The third-order valence-corrected chi connectivity index (χ3v) is 11.6. The van der Waals surface area contributed by atoms with Crippen LogP contribution in [-0.4, -0.2) is 0 Å².